The highest BCUT2D eigenvalue weighted by Crippen LogP contribution is 2.20. The van der Waals surface area contributed by atoms with Crippen molar-refractivity contribution in [1.29, 1.82) is 0 Å². The number of benzene rings is 1. The molecule has 6 nitrogen and oxygen atoms in total. The first-order chi connectivity index (χ1) is 13.9. The molecule has 2 aliphatic heterocycles. The molecule has 3 rings (SSSR count). The van der Waals surface area contributed by atoms with Crippen LogP contribution in [0.2, 0.25) is 0 Å². The quantitative estimate of drug-likeness (QED) is 0.762. The van der Waals surface area contributed by atoms with Gasteiger partial charge in [-0.3, -0.25) is 9.59 Å². The van der Waals surface area contributed by atoms with Crippen LogP contribution in [0.1, 0.15) is 38.7 Å². The lowest BCUT2D eigenvalue weighted by Gasteiger charge is -2.36. The van der Waals surface area contributed by atoms with Crippen LogP contribution in [0.15, 0.2) is 24.3 Å². The largest absolute Gasteiger partial charge is 0.493 e. The van der Waals surface area contributed by atoms with Crippen molar-refractivity contribution < 1.29 is 14.3 Å². The van der Waals surface area contributed by atoms with E-state index in [1.54, 1.807) is 4.90 Å². The average molecular weight is 402 g/mol. The number of amides is 2. The first-order valence-corrected chi connectivity index (χ1v) is 10.9. The van der Waals surface area contributed by atoms with E-state index in [1.165, 1.54) is 5.56 Å². The minimum absolute atomic E-state index is 0.0692. The number of likely N-dealkylation sites (tertiary alicyclic amines) is 1. The van der Waals surface area contributed by atoms with Crippen molar-refractivity contribution in [3.63, 3.8) is 0 Å². The van der Waals surface area contributed by atoms with Crippen molar-refractivity contribution in [2.24, 2.45) is 11.8 Å². The Morgan fingerprint density at radius 3 is 2.52 bits per heavy atom. The summed E-state index contributed by atoms with van der Waals surface area (Å²) in [5, 5.41) is 3.29. The summed E-state index contributed by atoms with van der Waals surface area (Å²) in [6.07, 6.45) is 2.71. The van der Waals surface area contributed by atoms with Gasteiger partial charge in [-0.2, -0.15) is 0 Å². The maximum Gasteiger partial charge on any atom is 0.242 e. The highest BCUT2D eigenvalue weighted by atomic mass is 16.5. The number of nitrogens with one attached hydrogen (secondary N) is 1. The zero-order valence-electron chi connectivity index (χ0n) is 18.0. The predicted molar refractivity (Wildman–Crippen MR) is 114 cm³/mol. The summed E-state index contributed by atoms with van der Waals surface area (Å²) in [6.45, 7) is 10.1. The maximum absolute atomic E-state index is 12.7. The molecule has 2 aliphatic rings. The highest BCUT2D eigenvalue weighted by Gasteiger charge is 2.31. The van der Waals surface area contributed by atoms with Gasteiger partial charge >= 0.3 is 0 Å². The normalized spacial score (nSPS) is 21.0. The molecule has 2 heterocycles. The van der Waals surface area contributed by atoms with E-state index < -0.39 is 0 Å². The number of rotatable bonds is 7. The van der Waals surface area contributed by atoms with Crippen molar-refractivity contribution in [1.82, 2.24) is 15.1 Å². The summed E-state index contributed by atoms with van der Waals surface area (Å²) in [7, 11) is 0. The molecule has 0 saturated carbocycles. The third-order valence-electron chi connectivity index (χ3n) is 5.89. The molecule has 1 aromatic carbocycles. The molecule has 1 aromatic rings. The van der Waals surface area contributed by atoms with Crippen LogP contribution in [0, 0.1) is 18.8 Å². The minimum Gasteiger partial charge on any atom is -0.493 e. The maximum atomic E-state index is 12.7. The predicted octanol–water partition coefficient (Wildman–Crippen LogP) is 2.46. The van der Waals surface area contributed by atoms with E-state index in [0.717, 1.165) is 44.6 Å². The van der Waals surface area contributed by atoms with Crippen LogP contribution in [-0.4, -0.2) is 67.0 Å². The fourth-order valence-electron chi connectivity index (χ4n) is 4.07. The summed E-state index contributed by atoms with van der Waals surface area (Å²) in [4.78, 5) is 29.0. The summed E-state index contributed by atoms with van der Waals surface area (Å²) in [5.74, 6) is 1.97. The number of piperazine rings is 1. The van der Waals surface area contributed by atoms with E-state index in [0.29, 0.717) is 25.0 Å². The number of carbonyl (C=O) groups is 2. The summed E-state index contributed by atoms with van der Waals surface area (Å²) >= 11 is 0. The molecule has 0 spiro atoms. The zero-order chi connectivity index (χ0) is 20.8. The van der Waals surface area contributed by atoms with Gasteiger partial charge in [0.15, 0.2) is 0 Å². The van der Waals surface area contributed by atoms with Gasteiger partial charge < -0.3 is 19.9 Å². The smallest absolute Gasteiger partial charge is 0.242 e. The second-order valence-electron chi connectivity index (χ2n) is 8.84. The lowest BCUT2D eigenvalue weighted by atomic mass is 9.97. The first kappa shape index (κ1) is 21.6. The Kier molecular flexibility index (Phi) is 7.53. The van der Waals surface area contributed by atoms with Crippen molar-refractivity contribution in [2.45, 2.75) is 46.1 Å². The van der Waals surface area contributed by atoms with Crippen LogP contribution in [0.3, 0.4) is 0 Å². The van der Waals surface area contributed by atoms with E-state index in [4.69, 9.17) is 4.74 Å². The van der Waals surface area contributed by atoms with Gasteiger partial charge in [0, 0.05) is 26.2 Å². The second-order valence-corrected chi connectivity index (χ2v) is 8.84. The van der Waals surface area contributed by atoms with E-state index in [9.17, 15) is 9.59 Å². The molecule has 1 unspecified atom stereocenters. The number of nitrogens with zero attached hydrogens (tertiary/aromatic N) is 2. The monoisotopic (exact) mass is 401 g/mol. The molecule has 0 radical (unpaired) electrons. The van der Waals surface area contributed by atoms with E-state index in [-0.39, 0.29) is 24.4 Å². The molecule has 6 heteroatoms. The molecular weight excluding hydrogens is 366 g/mol. The van der Waals surface area contributed by atoms with Crippen molar-refractivity contribution in [3.05, 3.63) is 29.8 Å². The van der Waals surface area contributed by atoms with Gasteiger partial charge in [-0.15, -0.1) is 0 Å². The average Bonchev–Trinajstić information content (AvgIpc) is 2.70. The van der Waals surface area contributed by atoms with Gasteiger partial charge in [0.1, 0.15) is 5.75 Å². The lowest BCUT2D eigenvalue weighted by Crippen LogP contribution is -2.57. The molecule has 0 aliphatic carbocycles. The number of carbonyl (C=O) groups excluding carboxylic acids is 2. The van der Waals surface area contributed by atoms with Crippen LogP contribution in [-0.2, 0) is 9.59 Å². The SMILES string of the molecule is Cc1ccc(OCC2CCN(C(=O)CN3CCNC(CC(C)C)C3=O)CC2)cc1. The summed E-state index contributed by atoms with van der Waals surface area (Å²) in [6, 6.07) is 7.97. The molecule has 160 valence electrons. The Bertz CT molecular complexity index is 681. The Hall–Kier alpha value is -2.08. The van der Waals surface area contributed by atoms with Gasteiger partial charge in [-0.1, -0.05) is 31.5 Å². The van der Waals surface area contributed by atoms with E-state index in [1.807, 2.05) is 17.0 Å². The third kappa shape index (κ3) is 6.20. The summed E-state index contributed by atoms with van der Waals surface area (Å²) in [5.41, 5.74) is 1.22. The lowest BCUT2D eigenvalue weighted by molar-refractivity contribution is -0.144. The molecule has 0 aromatic heterocycles. The Morgan fingerprint density at radius 2 is 1.86 bits per heavy atom. The van der Waals surface area contributed by atoms with E-state index >= 15 is 0 Å². The number of hydrogen-bond donors (Lipinski definition) is 1. The van der Waals surface area contributed by atoms with Crippen molar-refractivity contribution in [2.75, 3.05) is 39.3 Å². The minimum atomic E-state index is -0.152. The van der Waals surface area contributed by atoms with Gasteiger partial charge in [0.05, 0.1) is 19.2 Å². The number of aryl methyl sites for hydroxylation is 1. The van der Waals surface area contributed by atoms with Crippen molar-refractivity contribution in [3.8, 4) is 5.75 Å². The van der Waals surface area contributed by atoms with Crippen molar-refractivity contribution >= 4 is 11.8 Å². The third-order valence-corrected chi connectivity index (χ3v) is 5.89. The Labute approximate surface area is 174 Å². The molecule has 2 saturated heterocycles. The number of hydrogen-bond acceptors (Lipinski definition) is 4. The molecule has 29 heavy (non-hydrogen) atoms. The van der Waals surface area contributed by atoms with Crippen LogP contribution in [0.4, 0.5) is 0 Å². The van der Waals surface area contributed by atoms with Crippen LogP contribution >= 0.6 is 0 Å². The zero-order valence-corrected chi connectivity index (χ0v) is 18.0. The van der Waals surface area contributed by atoms with Crippen LogP contribution in [0.5, 0.6) is 5.75 Å². The molecule has 2 amide bonds. The second kappa shape index (κ2) is 10.1. The fraction of sp³-hybridized carbons (Fsp3) is 0.652. The number of piperidine rings is 1. The van der Waals surface area contributed by atoms with Gasteiger partial charge in [-0.05, 0) is 50.2 Å². The molecule has 1 N–H and O–H groups in total. The number of ether oxygens (including phenoxy) is 1. The molecule has 0 bridgehead atoms. The topological polar surface area (TPSA) is 61.9 Å². The fourth-order valence-corrected chi connectivity index (χ4v) is 4.07. The Morgan fingerprint density at radius 1 is 1.17 bits per heavy atom. The standard InChI is InChI=1S/C23H35N3O3/c1-17(2)14-21-23(28)26(13-10-24-21)15-22(27)25-11-8-19(9-12-25)16-29-20-6-4-18(3)5-7-20/h4-7,17,19,21,24H,8-16H2,1-3H3. The van der Waals surface area contributed by atoms with Crippen LogP contribution in [0.25, 0.3) is 0 Å². The van der Waals surface area contributed by atoms with Crippen LogP contribution < -0.4 is 10.1 Å². The summed E-state index contributed by atoms with van der Waals surface area (Å²) < 4.78 is 5.91. The molecular formula is C23H35N3O3. The first-order valence-electron chi connectivity index (χ1n) is 10.9. The van der Waals surface area contributed by atoms with Gasteiger partial charge in [0.2, 0.25) is 11.8 Å². The van der Waals surface area contributed by atoms with E-state index in [2.05, 4.69) is 38.2 Å². The van der Waals surface area contributed by atoms with Gasteiger partial charge in [0.25, 0.3) is 0 Å². The molecule has 1 atom stereocenters. The highest BCUT2D eigenvalue weighted by molar-refractivity contribution is 5.88. The molecule has 2 fully saturated rings. The van der Waals surface area contributed by atoms with Gasteiger partial charge in [-0.25, -0.2) is 0 Å². The Balaban J connectivity index is 1.41.